The van der Waals surface area contributed by atoms with Crippen LogP contribution in [-0.2, 0) is 27.7 Å². The third-order valence-electron chi connectivity index (χ3n) is 3.08. The van der Waals surface area contributed by atoms with Gasteiger partial charge in [0.2, 0.25) is 0 Å². The van der Waals surface area contributed by atoms with Crippen LogP contribution in [0.3, 0.4) is 0 Å². The molecule has 0 saturated heterocycles. The Balaban J connectivity index is 2.97. The second-order valence-electron chi connectivity index (χ2n) is 5.47. The van der Waals surface area contributed by atoms with Crippen molar-refractivity contribution in [2.75, 3.05) is 11.7 Å². The Kier molecular flexibility index (Phi) is 7.90. The molecule has 1 aromatic rings. The van der Waals surface area contributed by atoms with Crippen LogP contribution >= 0.6 is 0 Å². The summed E-state index contributed by atoms with van der Waals surface area (Å²) in [5.74, 6) is -10.9. The van der Waals surface area contributed by atoms with Gasteiger partial charge in [-0.1, -0.05) is 4.48 Å². The molecule has 0 atom stereocenters. The summed E-state index contributed by atoms with van der Waals surface area (Å²) < 4.78 is 81.6. The highest BCUT2D eigenvalue weighted by molar-refractivity contribution is 6.65. The van der Waals surface area contributed by atoms with Gasteiger partial charge in [0.25, 0.3) is 17.9 Å². The van der Waals surface area contributed by atoms with Crippen LogP contribution < -0.4 is 5.12 Å². The van der Waals surface area contributed by atoms with Gasteiger partial charge < -0.3 is 13.3 Å². The van der Waals surface area contributed by atoms with E-state index in [0.717, 1.165) is 20.8 Å². The van der Waals surface area contributed by atoms with Gasteiger partial charge >= 0.3 is 8.80 Å². The van der Waals surface area contributed by atoms with Crippen molar-refractivity contribution in [2.24, 2.45) is 0 Å². The molecule has 0 amide bonds. The molecular weight excluding hydrogens is 413 g/mol. The molecule has 0 aliphatic heterocycles. The fourth-order valence-corrected chi connectivity index (χ4v) is 4.50. The van der Waals surface area contributed by atoms with Crippen LogP contribution in [0.4, 0.5) is 27.7 Å². The van der Waals surface area contributed by atoms with E-state index in [9.17, 15) is 36.4 Å². The Morgan fingerprint density at radius 2 is 1.36 bits per heavy atom. The first-order valence-corrected chi connectivity index (χ1v) is 9.66. The molecule has 0 fully saturated rings. The number of benzene rings is 1. The summed E-state index contributed by atoms with van der Waals surface area (Å²) in [5, 5.41) is -0.421. The number of anilines is 1. The van der Waals surface area contributed by atoms with Crippen LogP contribution in [0, 0.1) is 23.3 Å². The van der Waals surface area contributed by atoms with Gasteiger partial charge in [0.05, 0.1) is 12.6 Å². The van der Waals surface area contributed by atoms with Crippen molar-refractivity contribution in [3.8, 4) is 0 Å². The molecule has 28 heavy (non-hydrogen) atoms. The standard InChI is InChI=1S/C15H16F5NO6Si/c1-8(22)25-28(26-9(2)23,27-10(3)24)6-4-5-21(20)12-7-11(16)13(17)15(19)14(12)18/h7H,4-6H2,1-3H3. The smallest absolute Gasteiger partial charge is 0.455 e. The van der Waals surface area contributed by atoms with E-state index in [1.807, 2.05) is 0 Å². The molecule has 0 unspecified atom stereocenters. The zero-order valence-electron chi connectivity index (χ0n) is 15.0. The number of nitrogens with zero attached hydrogens (tertiary/aromatic N) is 1. The van der Waals surface area contributed by atoms with Gasteiger partial charge in [-0.3, -0.25) is 14.4 Å². The highest BCUT2D eigenvalue weighted by Crippen LogP contribution is 2.27. The molecule has 0 bridgehead atoms. The Hall–Kier alpha value is -2.70. The molecule has 0 saturated carbocycles. The minimum atomic E-state index is -4.24. The van der Waals surface area contributed by atoms with Crippen molar-refractivity contribution in [2.45, 2.75) is 33.2 Å². The summed E-state index contributed by atoms with van der Waals surface area (Å²) >= 11 is 0. The molecule has 1 rings (SSSR count). The van der Waals surface area contributed by atoms with Crippen molar-refractivity contribution in [3.63, 3.8) is 0 Å². The van der Waals surface area contributed by atoms with E-state index >= 15 is 0 Å². The predicted molar refractivity (Wildman–Crippen MR) is 85.2 cm³/mol. The quantitative estimate of drug-likeness (QED) is 0.207. The average Bonchev–Trinajstić information content (AvgIpc) is 2.53. The minimum Gasteiger partial charge on any atom is -0.455 e. The zero-order valence-corrected chi connectivity index (χ0v) is 16.0. The van der Waals surface area contributed by atoms with Gasteiger partial charge in [0.1, 0.15) is 5.69 Å². The normalized spacial score (nSPS) is 11.0. The Bertz CT molecular complexity index is 737. The van der Waals surface area contributed by atoms with Crippen LogP contribution in [0.15, 0.2) is 6.07 Å². The van der Waals surface area contributed by atoms with E-state index in [0.29, 0.717) is 0 Å². The first-order valence-electron chi connectivity index (χ1n) is 7.73. The highest BCUT2D eigenvalue weighted by atomic mass is 28.4. The number of carbonyl (C=O) groups excluding carboxylic acids is 3. The van der Waals surface area contributed by atoms with Crippen LogP contribution in [0.2, 0.25) is 6.04 Å². The van der Waals surface area contributed by atoms with E-state index < -0.39 is 73.4 Å². The average molecular weight is 429 g/mol. The number of hydrogen-bond donors (Lipinski definition) is 0. The number of rotatable bonds is 8. The first kappa shape index (κ1) is 23.3. The second-order valence-corrected chi connectivity index (χ2v) is 7.95. The second kappa shape index (κ2) is 9.48. The van der Waals surface area contributed by atoms with E-state index in [4.69, 9.17) is 13.3 Å². The summed E-state index contributed by atoms with van der Waals surface area (Å²) in [7, 11) is -4.24. The Labute approximate surface area is 157 Å². The SMILES string of the molecule is CC(=O)O[Si](CCCN(F)c1cc(F)c(F)c(F)c1F)(OC(C)=O)OC(C)=O. The highest BCUT2D eigenvalue weighted by Gasteiger charge is 2.51. The van der Waals surface area contributed by atoms with Gasteiger partial charge in [0, 0.05) is 26.8 Å². The van der Waals surface area contributed by atoms with Crippen molar-refractivity contribution in [1.29, 1.82) is 0 Å². The van der Waals surface area contributed by atoms with Crippen LogP contribution in [-0.4, -0.2) is 33.3 Å². The fourth-order valence-electron chi connectivity index (χ4n) is 2.16. The predicted octanol–water partition coefficient (Wildman–Crippen LogP) is 2.95. The molecule has 0 aliphatic rings. The molecule has 0 N–H and O–H groups in total. The lowest BCUT2D eigenvalue weighted by atomic mass is 10.2. The first-order chi connectivity index (χ1) is 12.9. The van der Waals surface area contributed by atoms with Crippen molar-refractivity contribution in [3.05, 3.63) is 29.3 Å². The van der Waals surface area contributed by atoms with Gasteiger partial charge in [-0.05, 0) is 6.42 Å². The van der Waals surface area contributed by atoms with Gasteiger partial charge in [-0.15, -0.1) is 0 Å². The van der Waals surface area contributed by atoms with Gasteiger partial charge in [-0.25, -0.2) is 22.7 Å². The maximum absolute atomic E-state index is 14.1. The van der Waals surface area contributed by atoms with Crippen molar-refractivity contribution < 1.29 is 49.7 Å². The van der Waals surface area contributed by atoms with Gasteiger partial charge in [-0.2, -0.15) is 0 Å². The molecular formula is C15H16F5NO6Si. The minimum absolute atomic E-state index is 0.114. The summed E-state index contributed by atoms with van der Waals surface area (Å²) in [6.45, 7) is 2.11. The third-order valence-corrected chi connectivity index (χ3v) is 5.84. The summed E-state index contributed by atoms with van der Waals surface area (Å²) in [6, 6.07) is -0.345. The molecule has 156 valence electrons. The summed E-state index contributed by atoms with van der Waals surface area (Å²) in [4.78, 5) is 33.8. The largest absolute Gasteiger partial charge is 0.705 e. The Morgan fingerprint density at radius 1 is 0.893 bits per heavy atom. The van der Waals surface area contributed by atoms with E-state index in [1.165, 1.54) is 0 Å². The molecule has 1 aromatic carbocycles. The molecule has 0 heterocycles. The maximum Gasteiger partial charge on any atom is 0.705 e. The maximum atomic E-state index is 14.1. The molecule has 0 aliphatic carbocycles. The zero-order chi connectivity index (χ0) is 21.6. The summed E-state index contributed by atoms with van der Waals surface area (Å²) in [5.41, 5.74) is -1.21. The lowest BCUT2D eigenvalue weighted by molar-refractivity contribution is -0.147. The Morgan fingerprint density at radius 3 is 1.79 bits per heavy atom. The third kappa shape index (κ3) is 6.18. The van der Waals surface area contributed by atoms with E-state index in [1.54, 1.807) is 0 Å². The van der Waals surface area contributed by atoms with Gasteiger partial charge in [0.15, 0.2) is 23.3 Å². The summed E-state index contributed by atoms with van der Waals surface area (Å²) in [6.07, 6.45) is -0.364. The lowest BCUT2D eigenvalue weighted by Gasteiger charge is -2.26. The molecule has 7 nitrogen and oxygen atoms in total. The van der Waals surface area contributed by atoms with E-state index in [-0.39, 0.29) is 12.5 Å². The monoisotopic (exact) mass is 429 g/mol. The van der Waals surface area contributed by atoms with Crippen molar-refractivity contribution in [1.82, 2.24) is 0 Å². The number of halogens is 5. The fraction of sp³-hybridized carbons (Fsp3) is 0.400. The topological polar surface area (TPSA) is 82.1 Å². The molecule has 0 aromatic heterocycles. The molecule has 13 heteroatoms. The van der Waals surface area contributed by atoms with Crippen molar-refractivity contribution >= 4 is 32.4 Å². The number of carbonyl (C=O) groups is 3. The van der Waals surface area contributed by atoms with Crippen LogP contribution in [0.25, 0.3) is 0 Å². The number of hydrogen-bond acceptors (Lipinski definition) is 7. The van der Waals surface area contributed by atoms with Crippen LogP contribution in [0.1, 0.15) is 27.2 Å². The van der Waals surface area contributed by atoms with Crippen LogP contribution in [0.5, 0.6) is 0 Å². The van der Waals surface area contributed by atoms with E-state index in [2.05, 4.69) is 0 Å². The lowest BCUT2D eigenvalue weighted by Crippen LogP contribution is -2.49. The molecule has 0 spiro atoms. The molecule has 0 radical (unpaired) electrons.